The van der Waals surface area contributed by atoms with Crippen LogP contribution in [0, 0.1) is 6.92 Å². The molecule has 27 heavy (non-hydrogen) atoms. The van der Waals surface area contributed by atoms with E-state index in [9.17, 15) is 4.79 Å². The Kier molecular flexibility index (Phi) is 4.67. The van der Waals surface area contributed by atoms with Gasteiger partial charge in [0.25, 0.3) is 0 Å². The van der Waals surface area contributed by atoms with Crippen LogP contribution in [0.1, 0.15) is 22.6 Å². The van der Waals surface area contributed by atoms with Crippen LogP contribution in [0.25, 0.3) is 10.9 Å². The fourth-order valence-electron chi connectivity index (χ4n) is 3.41. The monoisotopic (exact) mass is 352 g/mol. The van der Waals surface area contributed by atoms with Crippen LogP contribution in [0.15, 0.2) is 91.1 Å². The second-order valence-corrected chi connectivity index (χ2v) is 6.57. The van der Waals surface area contributed by atoms with E-state index in [1.54, 1.807) is 6.20 Å². The van der Waals surface area contributed by atoms with Crippen molar-refractivity contribution in [3.05, 3.63) is 108 Å². The normalized spacial score (nSPS) is 10.9. The first kappa shape index (κ1) is 17.0. The molecular formula is C24H20N2O. The maximum absolute atomic E-state index is 13.3. The maximum atomic E-state index is 13.3. The van der Waals surface area contributed by atoms with Gasteiger partial charge in [-0.05, 0) is 41.8 Å². The number of fused-ring (bicyclic) bond motifs is 1. The van der Waals surface area contributed by atoms with E-state index in [0.29, 0.717) is 0 Å². The highest BCUT2D eigenvalue weighted by atomic mass is 16.1. The molecule has 0 spiro atoms. The number of carbonyl (C=O) groups excluding carboxylic acids is 1. The Balaban J connectivity index is 1.75. The standard InChI is InChI=1S/C24H20N2O/c1-17-14-15-21(20-13-8-16-25-23(17)20)26-24(27)22(18-9-4-2-5-10-18)19-11-6-3-7-12-19/h2-16,22H,1H3,(H,26,27). The van der Waals surface area contributed by atoms with E-state index in [1.165, 1.54) is 0 Å². The summed E-state index contributed by atoms with van der Waals surface area (Å²) < 4.78 is 0. The van der Waals surface area contributed by atoms with Crippen LogP contribution in [-0.4, -0.2) is 10.9 Å². The van der Waals surface area contributed by atoms with Crippen molar-refractivity contribution in [2.75, 3.05) is 5.32 Å². The number of nitrogens with zero attached hydrogens (tertiary/aromatic N) is 1. The average Bonchev–Trinajstić information content (AvgIpc) is 2.72. The van der Waals surface area contributed by atoms with E-state index in [0.717, 1.165) is 33.3 Å². The van der Waals surface area contributed by atoms with Gasteiger partial charge in [-0.2, -0.15) is 0 Å². The molecule has 1 heterocycles. The SMILES string of the molecule is Cc1ccc(NC(=O)C(c2ccccc2)c2ccccc2)c2cccnc12. The summed E-state index contributed by atoms with van der Waals surface area (Å²) >= 11 is 0. The zero-order chi connectivity index (χ0) is 18.6. The summed E-state index contributed by atoms with van der Waals surface area (Å²) in [6.07, 6.45) is 1.78. The van der Waals surface area contributed by atoms with Crippen molar-refractivity contribution in [1.82, 2.24) is 4.98 Å². The van der Waals surface area contributed by atoms with Gasteiger partial charge in [-0.15, -0.1) is 0 Å². The van der Waals surface area contributed by atoms with E-state index in [-0.39, 0.29) is 11.8 Å². The van der Waals surface area contributed by atoms with E-state index in [2.05, 4.69) is 10.3 Å². The molecule has 0 saturated carbocycles. The summed E-state index contributed by atoms with van der Waals surface area (Å²) in [4.78, 5) is 17.8. The first-order valence-corrected chi connectivity index (χ1v) is 8.99. The molecule has 0 saturated heterocycles. The molecule has 0 radical (unpaired) electrons. The van der Waals surface area contributed by atoms with Crippen molar-refractivity contribution in [3.63, 3.8) is 0 Å². The Morgan fingerprint density at radius 1 is 0.815 bits per heavy atom. The van der Waals surface area contributed by atoms with Gasteiger partial charge in [0.05, 0.1) is 17.1 Å². The van der Waals surface area contributed by atoms with Gasteiger partial charge in [0, 0.05) is 11.6 Å². The van der Waals surface area contributed by atoms with Crippen molar-refractivity contribution in [1.29, 1.82) is 0 Å². The number of rotatable bonds is 4. The number of benzene rings is 3. The van der Waals surface area contributed by atoms with Crippen LogP contribution in [0.5, 0.6) is 0 Å². The molecule has 3 heteroatoms. The van der Waals surface area contributed by atoms with Gasteiger partial charge >= 0.3 is 0 Å². The van der Waals surface area contributed by atoms with Gasteiger partial charge in [0.15, 0.2) is 0 Å². The molecule has 4 rings (SSSR count). The first-order valence-electron chi connectivity index (χ1n) is 8.99. The number of anilines is 1. The molecule has 0 fully saturated rings. The van der Waals surface area contributed by atoms with Crippen molar-refractivity contribution in [2.45, 2.75) is 12.8 Å². The third-order valence-electron chi connectivity index (χ3n) is 4.76. The van der Waals surface area contributed by atoms with Gasteiger partial charge in [-0.3, -0.25) is 9.78 Å². The summed E-state index contributed by atoms with van der Waals surface area (Å²) in [6.45, 7) is 2.03. The summed E-state index contributed by atoms with van der Waals surface area (Å²) in [5.41, 5.74) is 4.72. The molecule has 0 atom stereocenters. The molecule has 0 bridgehead atoms. The first-order chi connectivity index (χ1) is 13.2. The molecular weight excluding hydrogens is 332 g/mol. The number of aryl methyl sites for hydroxylation is 1. The van der Waals surface area contributed by atoms with E-state index >= 15 is 0 Å². The summed E-state index contributed by atoms with van der Waals surface area (Å²) in [7, 11) is 0. The minimum Gasteiger partial charge on any atom is -0.325 e. The average molecular weight is 352 g/mol. The van der Waals surface area contributed by atoms with Gasteiger partial charge in [-0.25, -0.2) is 0 Å². The Morgan fingerprint density at radius 3 is 2.07 bits per heavy atom. The van der Waals surface area contributed by atoms with Gasteiger partial charge in [-0.1, -0.05) is 66.7 Å². The molecule has 1 N–H and O–H groups in total. The Labute approximate surface area is 158 Å². The van der Waals surface area contributed by atoms with Crippen molar-refractivity contribution in [2.24, 2.45) is 0 Å². The Hall–Kier alpha value is -3.46. The van der Waals surface area contributed by atoms with Crippen molar-refractivity contribution >= 4 is 22.5 Å². The third-order valence-corrected chi connectivity index (χ3v) is 4.76. The topological polar surface area (TPSA) is 42.0 Å². The molecule has 3 nitrogen and oxygen atoms in total. The molecule has 3 aromatic carbocycles. The smallest absolute Gasteiger partial charge is 0.236 e. The van der Waals surface area contributed by atoms with Crippen molar-refractivity contribution < 1.29 is 4.79 Å². The third kappa shape index (κ3) is 3.44. The summed E-state index contributed by atoms with van der Waals surface area (Å²) in [5, 5.41) is 4.08. The number of aromatic nitrogens is 1. The fourth-order valence-corrected chi connectivity index (χ4v) is 3.41. The zero-order valence-electron chi connectivity index (χ0n) is 15.1. The van der Waals surface area contributed by atoms with Crippen molar-refractivity contribution in [3.8, 4) is 0 Å². The minimum atomic E-state index is -0.375. The minimum absolute atomic E-state index is 0.0543. The second-order valence-electron chi connectivity index (χ2n) is 6.57. The van der Waals surface area contributed by atoms with Crippen LogP contribution < -0.4 is 5.32 Å². The molecule has 0 unspecified atom stereocenters. The highest BCUT2D eigenvalue weighted by Crippen LogP contribution is 2.29. The van der Waals surface area contributed by atoms with Crippen LogP contribution in [0.4, 0.5) is 5.69 Å². The van der Waals surface area contributed by atoms with Crippen LogP contribution in [-0.2, 0) is 4.79 Å². The van der Waals surface area contributed by atoms with Gasteiger partial charge in [0.1, 0.15) is 0 Å². The number of pyridine rings is 1. The van der Waals surface area contributed by atoms with Crippen LogP contribution in [0.2, 0.25) is 0 Å². The molecule has 132 valence electrons. The highest BCUT2D eigenvalue weighted by molar-refractivity contribution is 6.05. The maximum Gasteiger partial charge on any atom is 0.236 e. The lowest BCUT2D eigenvalue weighted by Gasteiger charge is -2.19. The number of carbonyl (C=O) groups is 1. The lowest BCUT2D eigenvalue weighted by Crippen LogP contribution is -2.22. The number of amides is 1. The molecule has 1 aromatic heterocycles. The lowest BCUT2D eigenvalue weighted by atomic mass is 9.90. The molecule has 1 amide bonds. The van der Waals surface area contributed by atoms with E-state index in [1.807, 2.05) is 91.9 Å². The molecule has 0 aliphatic rings. The summed E-state index contributed by atoms with van der Waals surface area (Å²) in [5.74, 6) is -0.429. The quantitative estimate of drug-likeness (QED) is 0.540. The molecule has 0 aliphatic heterocycles. The largest absolute Gasteiger partial charge is 0.325 e. The zero-order valence-corrected chi connectivity index (χ0v) is 15.1. The number of nitrogens with one attached hydrogen (secondary N) is 1. The number of hydrogen-bond donors (Lipinski definition) is 1. The molecule has 0 aliphatic carbocycles. The van der Waals surface area contributed by atoms with E-state index < -0.39 is 0 Å². The lowest BCUT2D eigenvalue weighted by molar-refractivity contribution is -0.116. The Morgan fingerprint density at radius 2 is 1.44 bits per heavy atom. The second kappa shape index (κ2) is 7.42. The van der Waals surface area contributed by atoms with E-state index in [4.69, 9.17) is 0 Å². The van der Waals surface area contributed by atoms with Crippen LogP contribution >= 0.6 is 0 Å². The van der Waals surface area contributed by atoms with Gasteiger partial charge < -0.3 is 5.32 Å². The van der Waals surface area contributed by atoms with Crippen LogP contribution in [0.3, 0.4) is 0 Å². The van der Waals surface area contributed by atoms with Gasteiger partial charge in [0.2, 0.25) is 5.91 Å². The summed E-state index contributed by atoms with van der Waals surface area (Å²) in [6, 6.07) is 27.6. The number of hydrogen-bond acceptors (Lipinski definition) is 2. The molecule has 4 aromatic rings. The predicted octanol–water partition coefficient (Wildman–Crippen LogP) is 5.31. The Bertz CT molecular complexity index is 1040. The predicted molar refractivity (Wildman–Crippen MR) is 110 cm³/mol. The fraction of sp³-hybridized carbons (Fsp3) is 0.0833. The highest BCUT2D eigenvalue weighted by Gasteiger charge is 2.23.